The Kier molecular flexibility index (Phi) is 7.13. The van der Waals surface area contributed by atoms with E-state index in [0.29, 0.717) is 28.9 Å². The molecule has 35 heavy (non-hydrogen) atoms. The molecule has 1 aromatic carbocycles. The third-order valence-corrected chi connectivity index (χ3v) is 6.56. The lowest BCUT2D eigenvalue weighted by molar-refractivity contribution is -0.123. The number of methoxy groups -OCH3 is 3. The van der Waals surface area contributed by atoms with Gasteiger partial charge in [0, 0.05) is 36.8 Å². The number of H-pyrrole nitrogens is 1. The van der Waals surface area contributed by atoms with E-state index in [-0.39, 0.29) is 29.8 Å². The smallest absolute Gasteiger partial charge is 0.258 e. The molecule has 1 fully saturated rings. The molecule has 11 nitrogen and oxygen atoms in total. The topological polar surface area (TPSA) is 135 Å². The van der Waals surface area contributed by atoms with Crippen molar-refractivity contribution >= 4 is 29.3 Å². The molecule has 1 saturated heterocycles. The van der Waals surface area contributed by atoms with Crippen molar-refractivity contribution in [2.45, 2.75) is 51.0 Å². The minimum absolute atomic E-state index is 0.130. The molecule has 188 valence electrons. The molecule has 2 aromatic rings. The number of nitrogens with one attached hydrogen (secondary N) is 3. The van der Waals surface area contributed by atoms with E-state index in [0.717, 1.165) is 32.2 Å². The van der Waals surface area contributed by atoms with Crippen LogP contribution in [0.3, 0.4) is 0 Å². The first kappa shape index (κ1) is 24.4. The molecule has 0 spiro atoms. The third-order valence-electron chi connectivity index (χ3n) is 6.56. The van der Waals surface area contributed by atoms with Gasteiger partial charge in [0.05, 0.1) is 32.8 Å². The van der Waals surface area contributed by atoms with Crippen LogP contribution < -0.4 is 35.3 Å². The van der Waals surface area contributed by atoms with Crippen molar-refractivity contribution in [1.29, 1.82) is 0 Å². The first-order chi connectivity index (χ1) is 16.9. The average Bonchev–Trinajstić information content (AvgIpc) is 2.87. The van der Waals surface area contributed by atoms with Crippen molar-refractivity contribution in [2.75, 3.05) is 43.4 Å². The lowest BCUT2D eigenvalue weighted by Crippen LogP contribution is -2.43. The molecule has 0 saturated carbocycles. The van der Waals surface area contributed by atoms with Crippen LogP contribution in [0, 0.1) is 0 Å². The molecule has 4 rings (SSSR count). The largest absolute Gasteiger partial charge is 0.493 e. The second-order valence-corrected chi connectivity index (χ2v) is 8.61. The maximum atomic E-state index is 13.3. The Labute approximate surface area is 203 Å². The second-order valence-electron chi connectivity index (χ2n) is 8.61. The zero-order valence-electron chi connectivity index (χ0n) is 20.4. The van der Waals surface area contributed by atoms with Gasteiger partial charge in [0.2, 0.25) is 23.5 Å². The number of carbonyl (C=O) groups excluding carboxylic acids is 2. The Morgan fingerprint density at radius 3 is 2.49 bits per heavy atom. The van der Waals surface area contributed by atoms with Crippen molar-refractivity contribution in [2.24, 2.45) is 0 Å². The minimum atomic E-state index is -1.01. The van der Waals surface area contributed by atoms with Crippen molar-refractivity contribution in [3.63, 3.8) is 0 Å². The van der Waals surface area contributed by atoms with Crippen LogP contribution in [0.4, 0.5) is 17.5 Å². The summed E-state index contributed by atoms with van der Waals surface area (Å²) in [4.78, 5) is 48.4. The summed E-state index contributed by atoms with van der Waals surface area (Å²) in [5.41, 5.74) is 0.0796. The highest BCUT2D eigenvalue weighted by atomic mass is 16.5. The molecule has 3 N–H and O–H groups in total. The average molecular weight is 486 g/mol. The summed E-state index contributed by atoms with van der Waals surface area (Å²) in [6, 6.07) is 3.43. The van der Waals surface area contributed by atoms with Gasteiger partial charge in [0.15, 0.2) is 11.5 Å². The van der Waals surface area contributed by atoms with Gasteiger partial charge in [0.25, 0.3) is 5.56 Å². The number of carbonyl (C=O) groups is 2. The number of rotatable bonds is 7. The number of amides is 2. The molecule has 0 aliphatic carbocycles. The lowest BCUT2D eigenvalue weighted by Gasteiger charge is -2.36. The van der Waals surface area contributed by atoms with Crippen LogP contribution in [0.5, 0.6) is 17.2 Å². The first-order valence-electron chi connectivity index (χ1n) is 11.7. The van der Waals surface area contributed by atoms with Crippen LogP contribution in [-0.4, -0.2) is 55.7 Å². The fourth-order valence-electron chi connectivity index (χ4n) is 4.81. The summed E-state index contributed by atoms with van der Waals surface area (Å²) in [6.45, 7) is 2.88. The van der Waals surface area contributed by atoms with Crippen LogP contribution >= 0.6 is 0 Å². The zero-order valence-corrected chi connectivity index (χ0v) is 20.4. The first-order valence-corrected chi connectivity index (χ1v) is 11.7. The van der Waals surface area contributed by atoms with Crippen molar-refractivity contribution < 1.29 is 23.8 Å². The summed E-state index contributed by atoms with van der Waals surface area (Å²) in [5.74, 6) is -0.243. The highest BCUT2D eigenvalue weighted by molar-refractivity contribution is 6.04. The van der Waals surface area contributed by atoms with Crippen LogP contribution in [0.25, 0.3) is 0 Å². The summed E-state index contributed by atoms with van der Waals surface area (Å²) >= 11 is 0. The van der Waals surface area contributed by atoms with Crippen LogP contribution in [-0.2, 0) is 9.59 Å². The Morgan fingerprint density at radius 1 is 1.14 bits per heavy atom. The maximum absolute atomic E-state index is 13.3. The molecule has 1 aromatic heterocycles. The van der Waals surface area contributed by atoms with Gasteiger partial charge in [-0.25, -0.2) is 0 Å². The van der Waals surface area contributed by atoms with Crippen molar-refractivity contribution in [3.8, 4) is 17.2 Å². The zero-order chi connectivity index (χ0) is 25.1. The standard InChI is InChI=1S/C24H31N5O6/c1-5-14-8-6-7-9-29(14)24-27-21-19(23(32)28-24)15(12-18(30)26-21)22(31)25-13-10-16(33-2)20(35-4)17(11-13)34-3/h10-11,14-15H,5-9,12H2,1-4H3,(H,25,31)(H2,26,27,28,30,32)/t14-,15-/m0/s1. The molecule has 3 heterocycles. The number of piperidine rings is 1. The van der Waals surface area contributed by atoms with E-state index >= 15 is 0 Å². The predicted molar refractivity (Wildman–Crippen MR) is 131 cm³/mol. The van der Waals surface area contributed by atoms with E-state index in [2.05, 4.69) is 32.4 Å². The number of aromatic nitrogens is 2. The van der Waals surface area contributed by atoms with Crippen LogP contribution in [0.1, 0.15) is 50.5 Å². The van der Waals surface area contributed by atoms with Gasteiger partial charge in [-0.2, -0.15) is 4.98 Å². The minimum Gasteiger partial charge on any atom is -0.493 e. The molecule has 11 heteroatoms. The van der Waals surface area contributed by atoms with Crippen LogP contribution in [0.15, 0.2) is 16.9 Å². The molecule has 2 atom stereocenters. The predicted octanol–water partition coefficient (Wildman–Crippen LogP) is 2.63. The number of benzene rings is 1. The van der Waals surface area contributed by atoms with Gasteiger partial charge in [-0.05, 0) is 25.7 Å². The number of hydrogen-bond acceptors (Lipinski definition) is 8. The van der Waals surface area contributed by atoms with Gasteiger partial charge in [0.1, 0.15) is 5.82 Å². The van der Waals surface area contributed by atoms with Crippen molar-refractivity contribution in [1.82, 2.24) is 9.97 Å². The van der Waals surface area contributed by atoms with Gasteiger partial charge in [-0.15, -0.1) is 0 Å². The summed E-state index contributed by atoms with van der Waals surface area (Å²) in [7, 11) is 4.42. The molecule has 2 aliphatic rings. The van der Waals surface area contributed by atoms with E-state index < -0.39 is 17.4 Å². The molecule has 2 amide bonds. The quantitative estimate of drug-likeness (QED) is 0.545. The van der Waals surface area contributed by atoms with E-state index in [9.17, 15) is 14.4 Å². The van der Waals surface area contributed by atoms with Crippen LogP contribution in [0.2, 0.25) is 0 Å². The SMILES string of the molecule is CC[C@H]1CCCCN1c1nc2c(c(=O)[nH]1)[C@@H](C(=O)Nc1cc(OC)c(OC)c(OC)c1)CC(=O)N2. The molecule has 0 radical (unpaired) electrons. The van der Waals surface area contributed by atoms with Gasteiger partial charge in [-0.3, -0.25) is 19.4 Å². The molecular formula is C24H31N5O6. The third kappa shape index (κ3) is 4.75. The highest BCUT2D eigenvalue weighted by Crippen LogP contribution is 2.40. The fourth-order valence-corrected chi connectivity index (χ4v) is 4.81. The number of anilines is 3. The number of aromatic amines is 1. The number of hydrogen-bond donors (Lipinski definition) is 3. The fraction of sp³-hybridized carbons (Fsp3) is 0.500. The Balaban J connectivity index is 1.66. The second kappa shape index (κ2) is 10.2. The molecule has 0 unspecified atom stereocenters. The molecule has 0 bridgehead atoms. The number of fused-ring (bicyclic) bond motifs is 1. The van der Waals surface area contributed by atoms with E-state index in [1.54, 1.807) is 12.1 Å². The van der Waals surface area contributed by atoms with E-state index in [1.165, 1.54) is 21.3 Å². The Morgan fingerprint density at radius 2 is 1.86 bits per heavy atom. The maximum Gasteiger partial charge on any atom is 0.258 e. The Hall–Kier alpha value is -3.76. The van der Waals surface area contributed by atoms with Gasteiger partial charge < -0.3 is 29.7 Å². The van der Waals surface area contributed by atoms with Gasteiger partial charge in [-0.1, -0.05) is 6.92 Å². The Bertz CT molecular complexity index is 1150. The van der Waals surface area contributed by atoms with E-state index in [4.69, 9.17) is 14.2 Å². The van der Waals surface area contributed by atoms with E-state index in [1.807, 2.05) is 0 Å². The summed E-state index contributed by atoms with van der Waals surface area (Å²) in [5, 5.41) is 5.45. The number of nitrogens with zero attached hydrogens (tertiary/aromatic N) is 2. The van der Waals surface area contributed by atoms with Crippen molar-refractivity contribution in [3.05, 3.63) is 28.0 Å². The normalized spacial score (nSPS) is 19.4. The molecular weight excluding hydrogens is 454 g/mol. The summed E-state index contributed by atoms with van der Waals surface area (Å²) < 4.78 is 16.0. The summed E-state index contributed by atoms with van der Waals surface area (Å²) in [6.07, 6.45) is 3.90. The monoisotopic (exact) mass is 485 g/mol. The number of ether oxygens (including phenoxy) is 3. The van der Waals surface area contributed by atoms with Gasteiger partial charge >= 0.3 is 0 Å². The lowest BCUT2D eigenvalue weighted by atomic mass is 9.92. The highest BCUT2D eigenvalue weighted by Gasteiger charge is 2.36. The molecule has 2 aliphatic heterocycles.